The molecule has 4 aromatic carbocycles. The third kappa shape index (κ3) is 14.0. The van der Waals surface area contributed by atoms with E-state index in [1.165, 1.54) is 5.57 Å². The Morgan fingerprint density at radius 3 is 1.55 bits per heavy atom. The minimum Gasteiger partial charge on any atom is -0.433 e. The van der Waals surface area contributed by atoms with Gasteiger partial charge in [-0.1, -0.05) is 162 Å². The summed E-state index contributed by atoms with van der Waals surface area (Å²) in [6, 6.07) is 39.9. The first-order chi connectivity index (χ1) is 26.8. The maximum Gasteiger partial charge on any atom is 0.309 e. The number of allylic oxidation sites excluding steroid dienone is 1. The van der Waals surface area contributed by atoms with Gasteiger partial charge in [0, 0.05) is 5.41 Å². The number of hydrogen-bond donors (Lipinski definition) is 0. The Kier molecular flexibility index (Phi) is 16.9. The summed E-state index contributed by atoms with van der Waals surface area (Å²) in [5, 5.41) is 0. The lowest BCUT2D eigenvalue weighted by atomic mass is 9.88. The van der Waals surface area contributed by atoms with Gasteiger partial charge in [-0.25, -0.2) is 0 Å². The normalized spacial score (nSPS) is 19.7. The largest absolute Gasteiger partial charge is 0.433 e. The zero-order valence-corrected chi connectivity index (χ0v) is 32.9. The molecule has 1 fully saturated rings. The van der Waals surface area contributed by atoms with Crippen molar-refractivity contribution in [2.45, 2.75) is 117 Å². The minimum absolute atomic E-state index is 0.134. The molecule has 7 nitrogen and oxygen atoms in total. The molecule has 1 aliphatic rings. The fourth-order valence-corrected chi connectivity index (χ4v) is 6.61. The third-order valence-electron chi connectivity index (χ3n) is 9.46. The van der Waals surface area contributed by atoms with E-state index in [4.69, 9.17) is 28.4 Å². The van der Waals surface area contributed by atoms with Crippen molar-refractivity contribution in [1.29, 1.82) is 0 Å². The summed E-state index contributed by atoms with van der Waals surface area (Å²) in [4.78, 5) is 13.9. The summed E-state index contributed by atoms with van der Waals surface area (Å²) in [5.74, 6) is -0.400. The second-order valence-electron chi connectivity index (χ2n) is 14.9. The first-order valence-electron chi connectivity index (χ1n) is 19.7. The molecule has 0 spiro atoms. The summed E-state index contributed by atoms with van der Waals surface area (Å²) in [5.41, 5.74) is 8.29. The van der Waals surface area contributed by atoms with Crippen molar-refractivity contribution in [3.05, 3.63) is 161 Å². The standard InChI is InChI=1S/C48H58O7/c1-5-19-37(20-6-2)29-30-48(3,4)31-43(49)55-47-46(53-35-41-27-17-10-18-28-41)45(52-34-40-25-15-9-16-26-40)44(51-33-39-23-13-8-14-24-39)42(54-47)36-50-32-38-21-11-7-12-22-38/h7-18,21-28,30,42,44-47H,5-6,19-20,31-36H2,1-4H3/t42-,44-,45+,46+,47?/m1/s1. The third-order valence-corrected chi connectivity index (χ3v) is 9.46. The van der Waals surface area contributed by atoms with Crippen LogP contribution in [0.3, 0.4) is 0 Å². The van der Waals surface area contributed by atoms with Gasteiger partial charge >= 0.3 is 5.97 Å². The maximum absolute atomic E-state index is 13.9. The highest BCUT2D eigenvalue weighted by Gasteiger charge is 2.50. The van der Waals surface area contributed by atoms with Gasteiger partial charge in [-0.05, 0) is 46.7 Å². The molecule has 5 rings (SSSR count). The average Bonchev–Trinajstić information content (AvgIpc) is 3.20. The molecule has 55 heavy (non-hydrogen) atoms. The molecule has 0 saturated carbocycles. The summed E-state index contributed by atoms with van der Waals surface area (Å²) >= 11 is 0. The topological polar surface area (TPSA) is 72.5 Å². The van der Waals surface area contributed by atoms with E-state index in [2.05, 4.69) is 19.6 Å². The lowest BCUT2D eigenvalue weighted by molar-refractivity contribution is -0.320. The van der Waals surface area contributed by atoms with E-state index in [0.29, 0.717) is 19.8 Å². The SMILES string of the molecule is CCCC(=C=CC(C)(C)CC(=O)OC1O[C@H](COCc2ccccc2)[C@@H](OCc2ccccc2)[C@H](OCc2ccccc2)[C@@H]1OCc1ccccc1)CCC. The van der Waals surface area contributed by atoms with Gasteiger partial charge in [-0.3, -0.25) is 4.79 Å². The fraction of sp³-hybridized carbons (Fsp3) is 0.417. The van der Waals surface area contributed by atoms with Gasteiger partial charge in [0.15, 0.2) is 0 Å². The summed E-state index contributed by atoms with van der Waals surface area (Å²) in [6.07, 6.45) is 2.37. The predicted octanol–water partition coefficient (Wildman–Crippen LogP) is 10.3. The van der Waals surface area contributed by atoms with Gasteiger partial charge in [0.1, 0.15) is 24.4 Å². The Balaban J connectivity index is 1.46. The molecule has 1 unspecified atom stereocenters. The van der Waals surface area contributed by atoms with Crippen molar-refractivity contribution in [2.24, 2.45) is 5.41 Å². The second kappa shape index (κ2) is 22.3. The Bertz CT molecular complexity index is 1730. The van der Waals surface area contributed by atoms with E-state index < -0.39 is 42.1 Å². The highest BCUT2D eigenvalue weighted by Crippen LogP contribution is 2.33. The lowest BCUT2D eigenvalue weighted by Crippen LogP contribution is -2.62. The Morgan fingerprint density at radius 1 is 0.636 bits per heavy atom. The minimum atomic E-state index is -1.09. The van der Waals surface area contributed by atoms with E-state index in [0.717, 1.165) is 47.9 Å². The molecule has 0 amide bonds. The van der Waals surface area contributed by atoms with Crippen molar-refractivity contribution >= 4 is 5.97 Å². The zero-order valence-electron chi connectivity index (χ0n) is 32.9. The predicted molar refractivity (Wildman–Crippen MR) is 216 cm³/mol. The number of carbonyl (C=O) groups is 1. The molecule has 0 N–H and O–H groups in total. The van der Waals surface area contributed by atoms with Crippen LogP contribution in [-0.4, -0.2) is 43.3 Å². The van der Waals surface area contributed by atoms with Crippen molar-refractivity contribution < 1.29 is 33.2 Å². The number of hydrogen-bond acceptors (Lipinski definition) is 7. The van der Waals surface area contributed by atoms with Gasteiger partial charge in [0.05, 0.1) is 39.5 Å². The molecule has 7 heteroatoms. The van der Waals surface area contributed by atoms with Crippen molar-refractivity contribution in [1.82, 2.24) is 0 Å². The Labute approximate surface area is 328 Å². The smallest absolute Gasteiger partial charge is 0.309 e. The molecule has 0 radical (unpaired) electrons. The van der Waals surface area contributed by atoms with E-state index in [-0.39, 0.29) is 19.6 Å². The van der Waals surface area contributed by atoms with Crippen LogP contribution >= 0.6 is 0 Å². The van der Waals surface area contributed by atoms with Crippen LogP contribution in [0.4, 0.5) is 0 Å². The number of carbonyl (C=O) groups excluding carboxylic acids is 1. The van der Waals surface area contributed by atoms with Gasteiger partial charge in [0.2, 0.25) is 6.29 Å². The molecule has 0 bridgehead atoms. The van der Waals surface area contributed by atoms with Crippen molar-refractivity contribution in [3.8, 4) is 0 Å². The molecule has 0 aromatic heterocycles. The lowest BCUT2D eigenvalue weighted by Gasteiger charge is -2.45. The van der Waals surface area contributed by atoms with Gasteiger partial charge in [-0.2, -0.15) is 0 Å². The van der Waals surface area contributed by atoms with Crippen LogP contribution < -0.4 is 0 Å². The summed E-state index contributed by atoms with van der Waals surface area (Å²) in [7, 11) is 0. The Hall–Kier alpha value is -4.33. The first-order valence-corrected chi connectivity index (χ1v) is 19.7. The van der Waals surface area contributed by atoms with Crippen LogP contribution in [0.15, 0.2) is 139 Å². The van der Waals surface area contributed by atoms with Crippen LogP contribution in [0.2, 0.25) is 0 Å². The van der Waals surface area contributed by atoms with Crippen LogP contribution in [-0.2, 0) is 59.6 Å². The number of esters is 1. The van der Waals surface area contributed by atoms with Crippen molar-refractivity contribution in [3.63, 3.8) is 0 Å². The van der Waals surface area contributed by atoms with E-state index in [1.54, 1.807) is 0 Å². The van der Waals surface area contributed by atoms with Gasteiger partial charge < -0.3 is 28.4 Å². The monoisotopic (exact) mass is 746 g/mol. The highest BCUT2D eigenvalue weighted by molar-refractivity contribution is 5.70. The molecule has 5 atom stereocenters. The van der Waals surface area contributed by atoms with Crippen molar-refractivity contribution in [2.75, 3.05) is 6.61 Å². The van der Waals surface area contributed by atoms with E-state index in [9.17, 15) is 4.79 Å². The molecule has 4 aromatic rings. The fourth-order valence-electron chi connectivity index (χ4n) is 6.61. The quantitative estimate of drug-likeness (QED) is 0.0621. The van der Waals surface area contributed by atoms with Gasteiger partial charge in [-0.15, -0.1) is 5.73 Å². The molecule has 1 heterocycles. The molecule has 1 aliphatic heterocycles. The first kappa shape index (κ1) is 41.8. The van der Waals surface area contributed by atoms with Crippen LogP contribution in [0.25, 0.3) is 0 Å². The van der Waals surface area contributed by atoms with E-state index >= 15 is 0 Å². The van der Waals surface area contributed by atoms with Crippen LogP contribution in [0, 0.1) is 5.41 Å². The summed E-state index contributed by atoms with van der Waals surface area (Å²) in [6.45, 7) is 9.83. The number of ether oxygens (including phenoxy) is 6. The van der Waals surface area contributed by atoms with E-state index in [1.807, 2.05) is 141 Å². The Morgan fingerprint density at radius 2 is 1.07 bits per heavy atom. The number of rotatable bonds is 21. The van der Waals surface area contributed by atoms with Crippen LogP contribution in [0.1, 0.15) is 82.1 Å². The second-order valence-corrected chi connectivity index (χ2v) is 14.9. The highest BCUT2D eigenvalue weighted by atomic mass is 16.7. The molecule has 292 valence electrons. The summed E-state index contributed by atoms with van der Waals surface area (Å²) < 4.78 is 39.5. The zero-order chi connectivity index (χ0) is 38.7. The van der Waals surface area contributed by atoms with Gasteiger partial charge in [0.25, 0.3) is 0 Å². The number of benzene rings is 4. The molecular formula is C48H58O7. The molecular weight excluding hydrogens is 689 g/mol. The molecule has 1 saturated heterocycles. The maximum atomic E-state index is 13.9. The average molecular weight is 747 g/mol. The molecule has 0 aliphatic carbocycles. The van der Waals surface area contributed by atoms with Crippen LogP contribution in [0.5, 0.6) is 0 Å².